The van der Waals surface area contributed by atoms with Crippen LogP contribution in [0.3, 0.4) is 0 Å². The normalized spacial score (nSPS) is 11.9. The van der Waals surface area contributed by atoms with Crippen LogP contribution in [0.5, 0.6) is 0 Å². The highest BCUT2D eigenvalue weighted by atomic mass is 16.6. The van der Waals surface area contributed by atoms with Gasteiger partial charge in [-0.3, -0.25) is 14.4 Å². The monoisotopic (exact) mass is 849 g/mol. The van der Waals surface area contributed by atoms with Crippen LogP contribution in [0.15, 0.2) is 0 Å². The molecule has 0 rings (SSSR count). The van der Waals surface area contributed by atoms with E-state index in [2.05, 4.69) is 27.7 Å². The van der Waals surface area contributed by atoms with Gasteiger partial charge in [-0.25, -0.2) is 0 Å². The molecule has 0 spiro atoms. The molecule has 60 heavy (non-hydrogen) atoms. The number of esters is 3. The summed E-state index contributed by atoms with van der Waals surface area (Å²) in [5, 5.41) is 0. The maximum atomic E-state index is 12.8. The third-order valence-corrected chi connectivity index (χ3v) is 12.3. The Morgan fingerprint density at radius 3 is 0.817 bits per heavy atom. The molecule has 0 aliphatic rings. The number of carbonyl (C=O) groups is 3. The number of rotatable bonds is 49. The van der Waals surface area contributed by atoms with E-state index in [-0.39, 0.29) is 31.1 Å². The summed E-state index contributed by atoms with van der Waals surface area (Å²) in [6.45, 7) is 8.99. The fourth-order valence-corrected chi connectivity index (χ4v) is 8.22. The van der Waals surface area contributed by atoms with Crippen LogP contribution in [-0.4, -0.2) is 37.2 Å². The summed E-state index contributed by atoms with van der Waals surface area (Å²) < 4.78 is 16.8. The third-order valence-electron chi connectivity index (χ3n) is 12.3. The minimum absolute atomic E-state index is 0.0634. The SMILES string of the molecule is CCCCCCCCCCCCCCCCCCCCC(=O)OC[C@@H](COC(=O)CCCCCCCCCCCCCCCC)OC(=O)CCCCCCCCCC(C)C. The zero-order valence-corrected chi connectivity index (χ0v) is 40.9. The summed E-state index contributed by atoms with van der Waals surface area (Å²) in [7, 11) is 0. The maximum absolute atomic E-state index is 12.8. The summed E-state index contributed by atoms with van der Waals surface area (Å²) in [4.78, 5) is 37.9. The van der Waals surface area contributed by atoms with E-state index in [9.17, 15) is 14.4 Å². The number of carbonyl (C=O) groups excluding carboxylic acids is 3. The molecule has 0 saturated carbocycles. The average molecular weight is 849 g/mol. The zero-order chi connectivity index (χ0) is 43.8. The van der Waals surface area contributed by atoms with Gasteiger partial charge in [-0.05, 0) is 25.2 Å². The lowest BCUT2D eigenvalue weighted by Crippen LogP contribution is -2.30. The van der Waals surface area contributed by atoms with Gasteiger partial charge in [0.15, 0.2) is 6.10 Å². The molecule has 0 unspecified atom stereocenters. The van der Waals surface area contributed by atoms with Crippen molar-refractivity contribution < 1.29 is 28.6 Å². The predicted octanol–water partition coefficient (Wildman–Crippen LogP) is 17.5. The first kappa shape index (κ1) is 58.4. The smallest absolute Gasteiger partial charge is 0.306 e. The van der Waals surface area contributed by atoms with Crippen molar-refractivity contribution in [1.82, 2.24) is 0 Å². The van der Waals surface area contributed by atoms with E-state index in [1.807, 2.05) is 0 Å². The van der Waals surface area contributed by atoms with E-state index in [0.29, 0.717) is 19.3 Å². The highest BCUT2D eigenvalue weighted by Gasteiger charge is 2.19. The van der Waals surface area contributed by atoms with Crippen LogP contribution in [0.25, 0.3) is 0 Å². The molecule has 0 radical (unpaired) electrons. The Bertz CT molecular complexity index is 903. The highest BCUT2D eigenvalue weighted by Crippen LogP contribution is 2.17. The van der Waals surface area contributed by atoms with Crippen molar-refractivity contribution in [2.75, 3.05) is 13.2 Å². The summed E-state index contributed by atoms with van der Waals surface area (Å²) >= 11 is 0. The van der Waals surface area contributed by atoms with Crippen molar-refractivity contribution >= 4 is 17.9 Å². The minimum Gasteiger partial charge on any atom is -0.462 e. The Balaban J connectivity index is 4.23. The van der Waals surface area contributed by atoms with Crippen molar-refractivity contribution in [2.45, 2.75) is 310 Å². The van der Waals surface area contributed by atoms with Crippen molar-refractivity contribution in [3.63, 3.8) is 0 Å². The second-order valence-electron chi connectivity index (χ2n) is 19.0. The molecule has 0 aliphatic carbocycles. The molecule has 356 valence electrons. The summed E-state index contributed by atoms with van der Waals surface area (Å²) in [6.07, 6.45) is 51.0. The van der Waals surface area contributed by atoms with Crippen molar-refractivity contribution in [3.8, 4) is 0 Å². The molecular weight excluding hydrogens is 745 g/mol. The van der Waals surface area contributed by atoms with Crippen molar-refractivity contribution in [1.29, 1.82) is 0 Å². The van der Waals surface area contributed by atoms with Crippen LogP contribution in [0.2, 0.25) is 0 Å². The number of ether oxygens (including phenoxy) is 3. The van der Waals surface area contributed by atoms with Gasteiger partial charge in [0.2, 0.25) is 0 Å². The summed E-state index contributed by atoms with van der Waals surface area (Å²) in [6, 6.07) is 0. The minimum atomic E-state index is -0.761. The van der Waals surface area contributed by atoms with E-state index in [4.69, 9.17) is 14.2 Å². The lowest BCUT2D eigenvalue weighted by atomic mass is 10.0. The van der Waals surface area contributed by atoms with E-state index in [1.54, 1.807) is 0 Å². The van der Waals surface area contributed by atoms with E-state index in [0.717, 1.165) is 63.7 Å². The van der Waals surface area contributed by atoms with Gasteiger partial charge < -0.3 is 14.2 Å². The van der Waals surface area contributed by atoms with Crippen LogP contribution in [0.1, 0.15) is 304 Å². The molecule has 0 aliphatic heterocycles. The molecule has 1 atom stereocenters. The molecule has 0 saturated heterocycles. The second-order valence-corrected chi connectivity index (χ2v) is 19.0. The van der Waals surface area contributed by atoms with Crippen molar-refractivity contribution in [2.24, 2.45) is 5.92 Å². The number of hydrogen-bond acceptors (Lipinski definition) is 6. The summed E-state index contributed by atoms with van der Waals surface area (Å²) in [5.41, 5.74) is 0. The van der Waals surface area contributed by atoms with Gasteiger partial charge in [-0.15, -0.1) is 0 Å². The fraction of sp³-hybridized carbons (Fsp3) is 0.944. The highest BCUT2D eigenvalue weighted by molar-refractivity contribution is 5.71. The van der Waals surface area contributed by atoms with E-state index >= 15 is 0 Å². The fourth-order valence-electron chi connectivity index (χ4n) is 8.22. The van der Waals surface area contributed by atoms with E-state index in [1.165, 1.54) is 199 Å². The lowest BCUT2D eigenvalue weighted by Gasteiger charge is -2.18. The third kappa shape index (κ3) is 47.5. The second kappa shape index (κ2) is 48.4. The standard InChI is InChI=1S/C54H104O6/c1-5-7-9-11-13-15-17-19-21-22-23-24-26-28-30-34-38-42-46-53(56)59-49-51(60-54(57)47-43-39-35-31-32-36-40-44-50(3)4)48-58-52(55)45-41-37-33-29-27-25-20-18-16-14-12-10-8-6-2/h50-51H,5-49H2,1-4H3/t51-/m1/s1. The predicted molar refractivity (Wildman–Crippen MR) is 257 cm³/mol. The summed E-state index contributed by atoms with van der Waals surface area (Å²) in [5.74, 6) is -0.0677. The Morgan fingerprint density at radius 2 is 0.550 bits per heavy atom. The molecule has 0 aromatic heterocycles. The molecular formula is C54H104O6. The van der Waals surface area contributed by atoms with Crippen LogP contribution >= 0.6 is 0 Å². The van der Waals surface area contributed by atoms with Gasteiger partial charge >= 0.3 is 17.9 Å². The van der Waals surface area contributed by atoms with Crippen LogP contribution in [0, 0.1) is 5.92 Å². The van der Waals surface area contributed by atoms with Gasteiger partial charge in [-0.1, -0.05) is 265 Å². The quantitative estimate of drug-likeness (QED) is 0.0345. The van der Waals surface area contributed by atoms with Crippen molar-refractivity contribution in [3.05, 3.63) is 0 Å². The van der Waals surface area contributed by atoms with Gasteiger partial charge in [0.25, 0.3) is 0 Å². The molecule has 0 fully saturated rings. The maximum Gasteiger partial charge on any atom is 0.306 e. The molecule has 0 aromatic rings. The Labute approximate surface area is 374 Å². The molecule has 6 heteroatoms. The molecule has 0 bridgehead atoms. The Kier molecular flexibility index (Phi) is 47.2. The molecule has 0 amide bonds. The topological polar surface area (TPSA) is 78.9 Å². The molecule has 0 heterocycles. The Hall–Kier alpha value is -1.59. The average Bonchev–Trinajstić information content (AvgIpc) is 3.23. The largest absolute Gasteiger partial charge is 0.462 e. The number of unbranched alkanes of at least 4 members (excludes halogenated alkanes) is 36. The molecule has 0 aromatic carbocycles. The Morgan fingerprint density at radius 1 is 0.317 bits per heavy atom. The first-order valence-electron chi connectivity index (χ1n) is 26.9. The lowest BCUT2D eigenvalue weighted by molar-refractivity contribution is -0.167. The van der Waals surface area contributed by atoms with E-state index < -0.39 is 6.10 Å². The van der Waals surface area contributed by atoms with Crippen LogP contribution in [-0.2, 0) is 28.6 Å². The zero-order valence-electron chi connectivity index (χ0n) is 40.9. The molecule has 6 nitrogen and oxygen atoms in total. The van der Waals surface area contributed by atoms with Gasteiger partial charge in [0.05, 0.1) is 0 Å². The van der Waals surface area contributed by atoms with Gasteiger partial charge in [0.1, 0.15) is 13.2 Å². The van der Waals surface area contributed by atoms with Gasteiger partial charge in [0, 0.05) is 19.3 Å². The first-order valence-corrected chi connectivity index (χ1v) is 26.9. The molecule has 0 N–H and O–H groups in total. The first-order chi connectivity index (χ1) is 29.4. The van der Waals surface area contributed by atoms with Crippen LogP contribution in [0.4, 0.5) is 0 Å². The van der Waals surface area contributed by atoms with Gasteiger partial charge in [-0.2, -0.15) is 0 Å². The number of hydrogen-bond donors (Lipinski definition) is 0. The van der Waals surface area contributed by atoms with Crippen LogP contribution < -0.4 is 0 Å².